The molecule has 2 N–H and O–H groups in total. The van der Waals surface area contributed by atoms with Crippen molar-refractivity contribution in [2.75, 3.05) is 11.9 Å². The Balaban J connectivity index is 1.39. The lowest BCUT2D eigenvalue weighted by molar-refractivity contribution is -0.150. The first-order chi connectivity index (χ1) is 17.8. The number of hydrogen-bond donors (Lipinski definition) is 2. The van der Waals surface area contributed by atoms with E-state index >= 15 is 0 Å². The molecule has 6 nitrogen and oxygen atoms in total. The van der Waals surface area contributed by atoms with Crippen molar-refractivity contribution in [3.05, 3.63) is 65.7 Å². The molecule has 3 saturated carbocycles. The highest BCUT2D eigenvalue weighted by Crippen LogP contribution is 2.54. The van der Waals surface area contributed by atoms with Crippen LogP contribution >= 0.6 is 0 Å². The molecule has 2 aromatic carbocycles. The molecule has 1 saturated heterocycles. The van der Waals surface area contributed by atoms with Crippen LogP contribution in [0.1, 0.15) is 76.1 Å². The highest BCUT2D eigenvalue weighted by Gasteiger charge is 2.56. The summed E-state index contributed by atoms with van der Waals surface area (Å²) in [5.74, 6) is 0.695. The smallest absolute Gasteiger partial charge is 0.408 e. The van der Waals surface area contributed by atoms with Crippen molar-refractivity contribution < 1.29 is 14.7 Å². The van der Waals surface area contributed by atoms with E-state index in [1.165, 1.54) is 11.1 Å². The van der Waals surface area contributed by atoms with E-state index in [1.54, 1.807) is 4.90 Å². The monoisotopic (exact) mass is 501 g/mol. The van der Waals surface area contributed by atoms with Crippen LogP contribution in [-0.4, -0.2) is 45.0 Å². The number of nitrogens with one attached hydrogen (secondary N) is 1. The first-order valence-electron chi connectivity index (χ1n) is 14.0. The number of para-hydroxylation sites is 1. The third kappa shape index (κ3) is 4.00. The molecule has 4 fully saturated rings. The summed E-state index contributed by atoms with van der Waals surface area (Å²) in [6.07, 6.45) is 4.13. The molecule has 5 atom stereocenters. The highest BCUT2D eigenvalue weighted by molar-refractivity contribution is 5.83. The Morgan fingerprint density at radius 3 is 2.24 bits per heavy atom. The topological polar surface area (TPSA) is 72.9 Å². The van der Waals surface area contributed by atoms with Gasteiger partial charge in [0.1, 0.15) is 0 Å². The van der Waals surface area contributed by atoms with E-state index in [2.05, 4.69) is 58.7 Å². The SMILES string of the molecule is CC(C)(C)N(C(=O)O)[C@@H]1C2CCC(CC2)[C@@H]1C(=O)N1CC[C@@H]2[C@H](c3ccccc3)Nc3ccccc3[C@@H]21. The molecule has 3 aliphatic carbocycles. The van der Waals surface area contributed by atoms with Gasteiger partial charge in [0.25, 0.3) is 0 Å². The zero-order chi connectivity index (χ0) is 25.9. The molecule has 2 heterocycles. The van der Waals surface area contributed by atoms with Crippen molar-refractivity contribution in [1.29, 1.82) is 0 Å². The van der Waals surface area contributed by atoms with Crippen molar-refractivity contribution in [2.45, 2.75) is 76.5 Å². The Morgan fingerprint density at radius 1 is 0.919 bits per heavy atom. The van der Waals surface area contributed by atoms with Gasteiger partial charge in [-0.25, -0.2) is 4.79 Å². The largest absolute Gasteiger partial charge is 0.465 e. The fraction of sp³-hybridized carbons (Fsp3) is 0.548. The molecule has 6 heteroatoms. The molecule has 2 amide bonds. The van der Waals surface area contributed by atoms with Gasteiger partial charge in [-0.05, 0) is 81.9 Å². The van der Waals surface area contributed by atoms with Crippen LogP contribution in [0.5, 0.6) is 0 Å². The third-order valence-corrected chi connectivity index (χ3v) is 9.59. The Morgan fingerprint density at radius 2 is 1.57 bits per heavy atom. The van der Waals surface area contributed by atoms with E-state index in [0.717, 1.165) is 44.3 Å². The van der Waals surface area contributed by atoms with E-state index in [9.17, 15) is 14.7 Å². The maximum atomic E-state index is 14.6. The molecule has 7 rings (SSSR count). The number of fused-ring (bicyclic) bond motifs is 6. The van der Waals surface area contributed by atoms with Crippen molar-refractivity contribution >= 4 is 17.7 Å². The fourth-order valence-electron chi connectivity index (χ4n) is 8.15. The fourth-order valence-corrected chi connectivity index (χ4v) is 8.15. The second-order valence-electron chi connectivity index (χ2n) is 12.6. The summed E-state index contributed by atoms with van der Waals surface area (Å²) in [6, 6.07) is 18.9. The van der Waals surface area contributed by atoms with Gasteiger partial charge in [0.2, 0.25) is 5.91 Å². The van der Waals surface area contributed by atoms with Gasteiger partial charge in [-0.2, -0.15) is 0 Å². The van der Waals surface area contributed by atoms with E-state index in [4.69, 9.17) is 0 Å². The standard InChI is InChI=1S/C31H39N3O3/c1-31(2,3)34(30(36)37)27-21-15-13-19(14-16-21)25(27)29(35)33-18-17-23-26(20-9-5-4-6-10-20)32-24-12-8-7-11-22(24)28(23)33/h4-12,19,21,23,25-28,32H,13-18H2,1-3H3,(H,36,37)/t19?,21?,23-,25+,26+,27-,28+/m1/s1. The molecule has 196 valence electrons. The molecule has 0 aromatic heterocycles. The predicted octanol–water partition coefficient (Wildman–Crippen LogP) is 6.33. The second kappa shape index (κ2) is 9.07. The van der Waals surface area contributed by atoms with Crippen LogP contribution in [0.4, 0.5) is 10.5 Å². The molecule has 0 radical (unpaired) electrons. The van der Waals surface area contributed by atoms with Crippen LogP contribution in [0.25, 0.3) is 0 Å². The minimum Gasteiger partial charge on any atom is -0.465 e. The summed E-state index contributed by atoms with van der Waals surface area (Å²) >= 11 is 0. The number of carbonyl (C=O) groups is 2. The number of hydrogen-bond acceptors (Lipinski definition) is 3. The van der Waals surface area contributed by atoms with E-state index in [0.29, 0.717) is 0 Å². The van der Waals surface area contributed by atoms with Crippen molar-refractivity contribution in [2.24, 2.45) is 23.7 Å². The number of carboxylic acid groups (broad SMARTS) is 1. The normalized spacial score (nSPS) is 32.3. The minimum absolute atomic E-state index is 0.00386. The van der Waals surface area contributed by atoms with Crippen LogP contribution in [0.2, 0.25) is 0 Å². The summed E-state index contributed by atoms with van der Waals surface area (Å²) in [7, 11) is 0. The van der Waals surface area contributed by atoms with Crippen LogP contribution < -0.4 is 5.32 Å². The van der Waals surface area contributed by atoms with Gasteiger partial charge >= 0.3 is 6.09 Å². The van der Waals surface area contributed by atoms with E-state index in [-0.39, 0.29) is 47.7 Å². The molecular weight excluding hydrogens is 462 g/mol. The molecule has 2 aliphatic heterocycles. The average molecular weight is 502 g/mol. The lowest BCUT2D eigenvalue weighted by Gasteiger charge is -2.55. The average Bonchev–Trinajstić information content (AvgIpc) is 3.34. The lowest BCUT2D eigenvalue weighted by Crippen LogP contribution is -2.64. The molecular formula is C31H39N3O3. The van der Waals surface area contributed by atoms with Crippen LogP contribution in [-0.2, 0) is 4.79 Å². The van der Waals surface area contributed by atoms with E-state index in [1.807, 2.05) is 26.8 Å². The molecule has 2 aromatic rings. The maximum Gasteiger partial charge on any atom is 0.408 e. The Labute approximate surface area is 220 Å². The molecule has 37 heavy (non-hydrogen) atoms. The van der Waals surface area contributed by atoms with Gasteiger partial charge in [0, 0.05) is 23.7 Å². The number of benzene rings is 2. The highest BCUT2D eigenvalue weighted by atomic mass is 16.4. The van der Waals surface area contributed by atoms with Crippen LogP contribution in [0, 0.1) is 23.7 Å². The predicted molar refractivity (Wildman–Crippen MR) is 144 cm³/mol. The number of likely N-dealkylation sites (tertiary alicyclic amines) is 1. The zero-order valence-electron chi connectivity index (χ0n) is 22.1. The molecule has 5 aliphatic rings. The van der Waals surface area contributed by atoms with Gasteiger partial charge in [0.05, 0.1) is 24.0 Å². The molecule has 0 unspecified atom stereocenters. The Hall–Kier alpha value is -3.02. The second-order valence-corrected chi connectivity index (χ2v) is 12.6. The first-order valence-corrected chi connectivity index (χ1v) is 14.0. The molecule has 2 bridgehead atoms. The van der Waals surface area contributed by atoms with Gasteiger partial charge in [-0.3, -0.25) is 9.69 Å². The number of amides is 2. The van der Waals surface area contributed by atoms with Crippen molar-refractivity contribution in [3.8, 4) is 0 Å². The van der Waals surface area contributed by atoms with Crippen molar-refractivity contribution in [3.63, 3.8) is 0 Å². The van der Waals surface area contributed by atoms with Gasteiger partial charge in [0.15, 0.2) is 0 Å². The number of carbonyl (C=O) groups excluding carboxylic acids is 1. The quantitative estimate of drug-likeness (QED) is 0.516. The van der Waals surface area contributed by atoms with Gasteiger partial charge in [-0.1, -0.05) is 48.5 Å². The Bertz CT molecular complexity index is 1170. The molecule has 0 spiro atoms. The minimum atomic E-state index is -0.904. The van der Waals surface area contributed by atoms with Crippen molar-refractivity contribution in [1.82, 2.24) is 9.80 Å². The summed E-state index contributed by atoms with van der Waals surface area (Å²) in [4.78, 5) is 31.0. The summed E-state index contributed by atoms with van der Waals surface area (Å²) in [5.41, 5.74) is 2.98. The summed E-state index contributed by atoms with van der Waals surface area (Å²) in [5, 5.41) is 14.1. The van der Waals surface area contributed by atoms with Gasteiger partial charge < -0.3 is 15.3 Å². The van der Waals surface area contributed by atoms with Crippen LogP contribution in [0.3, 0.4) is 0 Å². The third-order valence-electron chi connectivity index (χ3n) is 9.59. The van der Waals surface area contributed by atoms with Gasteiger partial charge in [-0.15, -0.1) is 0 Å². The van der Waals surface area contributed by atoms with E-state index < -0.39 is 11.6 Å². The maximum absolute atomic E-state index is 14.6. The lowest BCUT2D eigenvalue weighted by atomic mass is 9.60. The number of nitrogens with zero attached hydrogens (tertiary/aromatic N) is 2. The first kappa shape index (κ1) is 24.3. The summed E-state index contributed by atoms with van der Waals surface area (Å²) < 4.78 is 0. The number of rotatable bonds is 3. The number of anilines is 1. The zero-order valence-corrected chi connectivity index (χ0v) is 22.1. The summed E-state index contributed by atoms with van der Waals surface area (Å²) in [6.45, 7) is 6.61. The Kier molecular flexibility index (Phi) is 5.96. The van der Waals surface area contributed by atoms with Crippen LogP contribution in [0.15, 0.2) is 54.6 Å².